The van der Waals surface area contributed by atoms with Crippen LogP contribution < -0.4 is 11.1 Å². The molecule has 34 heavy (non-hydrogen) atoms. The van der Waals surface area contributed by atoms with E-state index in [1.54, 1.807) is 42.5 Å². The molecule has 0 unspecified atom stereocenters. The number of nitrogens with one attached hydrogen (secondary N) is 1. The van der Waals surface area contributed by atoms with Gasteiger partial charge in [0.25, 0.3) is 11.8 Å². The van der Waals surface area contributed by atoms with E-state index in [9.17, 15) is 14.4 Å². The second-order valence-electron chi connectivity index (χ2n) is 8.25. The lowest BCUT2D eigenvalue weighted by atomic mass is 9.94. The second-order valence-corrected chi connectivity index (χ2v) is 8.25. The Bertz CT molecular complexity index is 1390. The first-order valence-corrected chi connectivity index (χ1v) is 11.2. The van der Waals surface area contributed by atoms with Crippen molar-refractivity contribution < 1.29 is 14.4 Å². The van der Waals surface area contributed by atoms with Gasteiger partial charge in [-0.3, -0.25) is 19.3 Å². The van der Waals surface area contributed by atoms with Crippen LogP contribution in [0.4, 0.5) is 11.4 Å². The number of carbonyl (C=O) groups excluding carboxylic acids is 3. The zero-order chi connectivity index (χ0) is 23.7. The Morgan fingerprint density at radius 1 is 0.824 bits per heavy atom. The fourth-order valence-electron chi connectivity index (χ4n) is 4.41. The molecule has 0 radical (unpaired) electrons. The van der Waals surface area contributed by atoms with Gasteiger partial charge in [-0.05, 0) is 48.2 Å². The monoisotopic (exact) mass is 449 g/mol. The van der Waals surface area contributed by atoms with E-state index in [0.717, 1.165) is 10.8 Å². The normalized spacial score (nSPS) is 12.8. The van der Waals surface area contributed by atoms with Crippen molar-refractivity contribution >= 4 is 39.7 Å². The molecule has 0 aromatic heterocycles. The van der Waals surface area contributed by atoms with Crippen LogP contribution in [0.15, 0.2) is 84.9 Å². The molecule has 0 saturated carbocycles. The molecule has 3 N–H and O–H groups in total. The van der Waals surface area contributed by atoms with Crippen LogP contribution in [0, 0.1) is 0 Å². The molecule has 0 aliphatic carbocycles. The average Bonchev–Trinajstić information content (AvgIpc) is 2.86. The lowest BCUT2D eigenvalue weighted by Gasteiger charge is -2.27. The van der Waals surface area contributed by atoms with Gasteiger partial charge in [-0.15, -0.1) is 0 Å². The molecule has 5 rings (SSSR count). The number of carbonyl (C=O) groups is 3. The van der Waals surface area contributed by atoms with E-state index in [1.165, 1.54) is 4.90 Å². The third-order valence-electron chi connectivity index (χ3n) is 6.05. The number of anilines is 2. The quantitative estimate of drug-likeness (QED) is 0.184. The van der Waals surface area contributed by atoms with Gasteiger partial charge in [-0.2, -0.15) is 0 Å². The molecule has 168 valence electrons. The first kappa shape index (κ1) is 21.4. The summed E-state index contributed by atoms with van der Waals surface area (Å²) in [5.74, 6) is -0.667. The zero-order valence-corrected chi connectivity index (χ0v) is 18.5. The van der Waals surface area contributed by atoms with Gasteiger partial charge in [0.15, 0.2) is 5.78 Å². The summed E-state index contributed by atoms with van der Waals surface area (Å²) >= 11 is 0. The van der Waals surface area contributed by atoms with Crippen LogP contribution in [0.5, 0.6) is 0 Å². The largest absolute Gasteiger partial charge is 0.399 e. The van der Waals surface area contributed by atoms with E-state index in [-0.39, 0.29) is 24.1 Å². The van der Waals surface area contributed by atoms with E-state index in [0.29, 0.717) is 46.6 Å². The van der Waals surface area contributed by atoms with Crippen molar-refractivity contribution in [2.45, 2.75) is 6.42 Å². The van der Waals surface area contributed by atoms with Gasteiger partial charge in [-0.25, -0.2) is 0 Å². The first-order chi connectivity index (χ1) is 16.5. The smallest absolute Gasteiger partial charge is 0.261 e. The molecule has 0 atom stereocenters. The number of hydrogen-bond acceptors (Lipinski definition) is 5. The highest BCUT2D eigenvalue weighted by Crippen LogP contribution is 2.30. The maximum absolute atomic E-state index is 13.0. The number of imide groups is 1. The lowest BCUT2D eigenvalue weighted by Crippen LogP contribution is -2.41. The molecule has 6 heteroatoms. The first-order valence-electron chi connectivity index (χ1n) is 11.2. The molecular formula is C28H23N3O3. The number of ketones is 1. The Balaban J connectivity index is 1.28. The Hall–Kier alpha value is -4.45. The summed E-state index contributed by atoms with van der Waals surface area (Å²) in [5.41, 5.74) is 9.23. The maximum Gasteiger partial charge on any atom is 0.261 e. The van der Waals surface area contributed by atoms with Crippen molar-refractivity contribution in [1.29, 1.82) is 0 Å². The Morgan fingerprint density at radius 3 is 2.21 bits per heavy atom. The third kappa shape index (κ3) is 3.79. The number of amides is 2. The molecule has 4 aromatic rings. The zero-order valence-electron chi connectivity index (χ0n) is 18.5. The van der Waals surface area contributed by atoms with Crippen molar-refractivity contribution in [3.05, 3.63) is 107 Å². The van der Waals surface area contributed by atoms with Crippen molar-refractivity contribution in [2.75, 3.05) is 24.1 Å². The molecule has 2 amide bonds. The minimum Gasteiger partial charge on any atom is -0.399 e. The lowest BCUT2D eigenvalue weighted by molar-refractivity contribution is 0.0610. The van der Waals surface area contributed by atoms with Crippen LogP contribution in [-0.4, -0.2) is 35.6 Å². The number of hydrogen-bond donors (Lipinski definition) is 2. The van der Waals surface area contributed by atoms with Crippen molar-refractivity contribution in [2.24, 2.45) is 0 Å². The standard InChI is InChI=1S/C28H23N3O3/c29-20-10-3-9-19(17-20)26(32)21-11-1-2-14-24(21)30-15-6-16-31-27(33)22-12-4-7-18-8-5-13-23(25(18)22)28(31)34/h1-5,7-14,17,30H,6,15-16,29H2. The van der Waals surface area contributed by atoms with E-state index >= 15 is 0 Å². The Kier molecular flexibility index (Phi) is 5.55. The van der Waals surface area contributed by atoms with Gasteiger partial charge < -0.3 is 11.1 Å². The minimum atomic E-state index is -0.272. The molecule has 0 saturated heterocycles. The van der Waals surface area contributed by atoms with Crippen molar-refractivity contribution in [3.63, 3.8) is 0 Å². The third-order valence-corrected chi connectivity index (χ3v) is 6.05. The van der Waals surface area contributed by atoms with Gasteiger partial charge >= 0.3 is 0 Å². The predicted octanol–water partition coefficient (Wildman–Crippen LogP) is 4.75. The molecule has 1 heterocycles. The number of nitrogens with zero attached hydrogens (tertiary/aromatic N) is 1. The number of nitrogen functional groups attached to an aromatic ring is 1. The molecule has 4 aromatic carbocycles. The van der Waals surface area contributed by atoms with Crippen LogP contribution >= 0.6 is 0 Å². The molecule has 0 spiro atoms. The van der Waals surface area contributed by atoms with Gasteiger partial charge in [-0.1, -0.05) is 48.5 Å². The predicted molar refractivity (Wildman–Crippen MR) is 133 cm³/mol. The van der Waals surface area contributed by atoms with Crippen LogP contribution in [-0.2, 0) is 0 Å². The molecule has 1 aliphatic heterocycles. The molecule has 0 bridgehead atoms. The van der Waals surface area contributed by atoms with Crippen LogP contribution in [0.25, 0.3) is 10.8 Å². The summed E-state index contributed by atoms with van der Waals surface area (Å²) in [5, 5.41) is 4.90. The maximum atomic E-state index is 13.0. The Morgan fingerprint density at radius 2 is 1.50 bits per heavy atom. The topological polar surface area (TPSA) is 92.5 Å². The minimum absolute atomic E-state index is 0.124. The summed E-state index contributed by atoms with van der Waals surface area (Å²) < 4.78 is 0. The van der Waals surface area contributed by atoms with Crippen LogP contribution in [0.2, 0.25) is 0 Å². The molecule has 0 fully saturated rings. The van der Waals surface area contributed by atoms with Crippen LogP contribution in [0.3, 0.4) is 0 Å². The van der Waals surface area contributed by atoms with Gasteiger partial charge in [0.05, 0.1) is 0 Å². The summed E-state index contributed by atoms with van der Waals surface area (Å²) in [4.78, 5) is 40.4. The number of benzene rings is 4. The summed E-state index contributed by atoms with van der Waals surface area (Å²) in [6, 6.07) is 25.2. The van der Waals surface area contributed by atoms with Gasteiger partial charge in [0, 0.05) is 52.1 Å². The molecule has 6 nitrogen and oxygen atoms in total. The van der Waals surface area contributed by atoms with Crippen molar-refractivity contribution in [1.82, 2.24) is 4.90 Å². The van der Waals surface area contributed by atoms with E-state index < -0.39 is 0 Å². The molecular weight excluding hydrogens is 426 g/mol. The van der Waals surface area contributed by atoms with Crippen LogP contribution in [0.1, 0.15) is 43.1 Å². The number of para-hydroxylation sites is 1. The summed E-state index contributed by atoms with van der Waals surface area (Å²) in [6.45, 7) is 0.769. The average molecular weight is 450 g/mol. The van der Waals surface area contributed by atoms with Crippen molar-refractivity contribution in [3.8, 4) is 0 Å². The highest BCUT2D eigenvalue weighted by Gasteiger charge is 2.32. The van der Waals surface area contributed by atoms with E-state index in [4.69, 9.17) is 5.73 Å². The summed E-state index contributed by atoms with van der Waals surface area (Å²) in [6.07, 6.45) is 0.538. The fourth-order valence-corrected chi connectivity index (χ4v) is 4.41. The fraction of sp³-hybridized carbons (Fsp3) is 0.107. The number of nitrogens with two attached hydrogens (primary N) is 1. The Labute approximate surface area is 197 Å². The number of rotatable bonds is 7. The van der Waals surface area contributed by atoms with Gasteiger partial charge in [0.1, 0.15) is 0 Å². The van der Waals surface area contributed by atoms with E-state index in [1.807, 2.05) is 42.5 Å². The summed E-state index contributed by atoms with van der Waals surface area (Å²) in [7, 11) is 0. The van der Waals surface area contributed by atoms with E-state index in [2.05, 4.69) is 5.32 Å². The SMILES string of the molecule is Nc1cccc(C(=O)c2ccccc2NCCCN2C(=O)c3cccc4cccc(c34)C2=O)c1. The highest BCUT2D eigenvalue weighted by atomic mass is 16.2. The molecule has 1 aliphatic rings. The van der Waals surface area contributed by atoms with Gasteiger partial charge in [0.2, 0.25) is 0 Å². The highest BCUT2D eigenvalue weighted by molar-refractivity contribution is 6.25. The second kappa shape index (κ2) is 8.83.